The molecule has 0 atom stereocenters. The van der Waals surface area contributed by atoms with Crippen molar-refractivity contribution in [3.8, 4) is 5.75 Å². The van der Waals surface area contributed by atoms with Gasteiger partial charge in [0.1, 0.15) is 12.4 Å². The Bertz CT molecular complexity index is 672. The van der Waals surface area contributed by atoms with Gasteiger partial charge in [-0.05, 0) is 36.6 Å². The van der Waals surface area contributed by atoms with Crippen LogP contribution in [-0.4, -0.2) is 11.1 Å². The third-order valence-electron chi connectivity index (χ3n) is 3.28. The first-order valence-corrected chi connectivity index (χ1v) is 6.76. The molecule has 3 heteroatoms. The Morgan fingerprint density at radius 3 is 2.52 bits per heavy atom. The normalized spacial score (nSPS) is 10.8. The maximum atomic E-state index is 10.7. The SMILES string of the molecule is Cc1ccccc1COc1c(C)cccc1/C=C/C(=O)O. The molecule has 1 N–H and O–H groups in total. The Kier molecular flexibility index (Phi) is 4.77. The van der Waals surface area contributed by atoms with Crippen LogP contribution in [0.1, 0.15) is 22.3 Å². The zero-order chi connectivity index (χ0) is 15.2. The molecule has 0 radical (unpaired) electrons. The molecule has 2 rings (SSSR count). The van der Waals surface area contributed by atoms with E-state index in [0.717, 1.165) is 28.5 Å². The van der Waals surface area contributed by atoms with Gasteiger partial charge in [0, 0.05) is 11.6 Å². The van der Waals surface area contributed by atoms with Crippen LogP contribution in [0.2, 0.25) is 0 Å². The number of carbonyl (C=O) groups is 1. The Labute approximate surface area is 124 Å². The summed E-state index contributed by atoms with van der Waals surface area (Å²) in [6.45, 7) is 4.46. The van der Waals surface area contributed by atoms with Crippen molar-refractivity contribution in [1.29, 1.82) is 0 Å². The summed E-state index contributed by atoms with van der Waals surface area (Å²) in [6.07, 6.45) is 2.68. The summed E-state index contributed by atoms with van der Waals surface area (Å²) in [5.74, 6) is -0.250. The molecule has 21 heavy (non-hydrogen) atoms. The van der Waals surface area contributed by atoms with Crippen LogP contribution < -0.4 is 4.74 Å². The number of rotatable bonds is 5. The van der Waals surface area contributed by atoms with E-state index in [-0.39, 0.29) is 0 Å². The van der Waals surface area contributed by atoms with Gasteiger partial charge in [-0.1, -0.05) is 42.5 Å². The molecule has 0 heterocycles. The molecule has 0 fully saturated rings. The van der Waals surface area contributed by atoms with E-state index in [2.05, 4.69) is 0 Å². The largest absolute Gasteiger partial charge is 0.488 e. The molecule has 0 saturated carbocycles. The van der Waals surface area contributed by atoms with Crippen molar-refractivity contribution in [3.05, 3.63) is 70.8 Å². The van der Waals surface area contributed by atoms with Gasteiger partial charge >= 0.3 is 5.97 Å². The molecule has 0 aliphatic rings. The van der Waals surface area contributed by atoms with Crippen molar-refractivity contribution in [1.82, 2.24) is 0 Å². The maximum absolute atomic E-state index is 10.7. The summed E-state index contributed by atoms with van der Waals surface area (Å²) < 4.78 is 5.92. The first-order chi connectivity index (χ1) is 10.1. The van der Waals surface area contributed by atoms with Gasteiger partial charge in [0.15, 0.2) is 0 Å². The standard InChI is InChI=1S/C18H18O3/c1-13-6-3-4-8-16(13)12-21-18-14(2)7-5-9-15(18)10-11-17(19)20/h3-11H,12H2,1-2H3,(H,19,20)/b11-10+. The number of para-hydroxylation sites is 1. The second-order valence-corrected chi connectivity index (χ2v) is 4.88. The summed E-state index contributed by atoms with van der Waals surface area (Å²) in [4.78, 5) is 10.7. The molecule has 0 unspecified atom stereocenters. The van der Waals surface area contributed by atoms with Crippen molar-refractivity contribution in [3.63, 3.8) is 0 Å². The van der Waals surface area contributed by atoms with Crippen LogP contribution in [0.4, 0.5) is 0 Å². The summed E-state index contributed by atoms with van der Waals surface area (Å²) in [5.41, 5.74) is 4.05. The summed E-state index contributed by atoms with van der Waals surface area (Å²) in [5, 5.41) is 8.75. The highest BCUT2D eigenvalue weighted by Crippen LogP contribution is 2.26. The molecule has 0 saturated heterocycles. The van der Waals surface area contributed by atoms with E-state index in [9.17, 15) is 4.79 Å². The van der Waals surface area contributed by atoms with E-state index in [1.54, 1.807) is 6.08 Å². The third-order valence-corrected chi connectivity index (χ3v) is 3.28. The lowest BCUT2D eigenvalue weighted by molar-refractivity contribution is -0.131. The molecule has 0 aromatic heterocycles. The zero-order valence-corrected chi connectivity index (χ0v) is 12.2. The molecule has 0 amide bonds. The van der Waals surface area contributed by atoms with E-state index < -0.39 is 5.97 Å². The Morgan fingerprint density at radius 2 is 1.81 bits per heavy atom. The highest BCUT2D eigenvalue weighted by Gasteiger charge is 2.06. The summed E-state index contributed by atoms with van der Waals surface area (Å²) in [6, 6.07) is 13.7. The molecule has 2 aromatic rings. The quantitative estimate of drug-likeness (QED) is 0.844. The highest BCUT2D eigenvalue weighted by atomic mass is 16.5. The van der Waals surface area contributed by atoms with Crippen molar-refractivity contribution < 1.29 is 14.6 Å². The molecular weight excluding hydrogens is 264 g/mol. The monoisotopic (exact) mass is 282 g/mol. The molecular formula is C18H18O3. The van der Waals surface area contributed by atoms with E-state index in [0.29, 0.717) is 6.61 Å². The zero-order valence-electron chi connectivity index (χ0n) is 12.2. The fourth-order valence-corrected chi connectivity index (χ4v) is 2.09. The number of hydrogen-bond donors (Lipinski definition) is 1. The molecule has 2 aromatic carbocycles. The second-order valence-electron chi connectivity index (χ2n) is 4.88. The van der Waals surface area contributed by atoms with Gasteiger partial charge in [0.05, 0.1) is 0 Å². The highest BCUT2D eigenvalue weighted by molar-refractivity contribution is 5.86. The minimum Gasteiger partial charge on any atom is -0.488 e. The number of carboxylic acids is 1. The first-order valence-electron chi connectivity index (χ1n) is 6.76. The Hall–Kier alpha value is -2.55. The van der Waals surface area contributed by atoms with Crippen molar-refractivity contribution in [2.75, 3.05) is 0 Å². The number of carboxylic acid groups (broad SMARTS) is 1. The lowest BCUT2D eigenvalue weighted by atomic mass is 10.1. The maximum Gasteiger partial charge on any atom is 0.328 e. The van der Waals surface area contributed by atoms with Gasteiger partial charge in [-0.2, -0.15) is 0 Å². The number of aryl methyl sites for hydroxylation is 2. The van der Waals surface area contributed by atoms with Crippen LogP contribution in [0, 0.1) is 13.8 Å². The fourth-order valence-electron chi connectivity index (χ4n) is 2.09. The third kappa shape index (κ3) is 3.96. The number of hydrogen-bond acceptors (Lipinski definition) is 2. The Balaban J connectivity index is 2.23. The average Bonchev–Trinajstić information content (AvgIpc) is 2.45. The number of aliphatic carboxylic acids is 1. The molecule has 108 valence electrons. The van der Waals surface area contributed by atoms with Gasteiger partial charge in [-0.25, -0.2) is 4.79 Å². The first kappa shape index (κ1) is 14.9. The predicted octanol–water partition coefficient (Wildman–Crippen LogP) is 3.98. The van der Waals surface area contributed by atoms with E-state index >= 15 is 0 Å². The van der Waals surface area contributed by atoms with Gasteiger partial charge in [-0.3, -0.25) is 0 Å². The Morgan fingerprint density at radius 1 is 1.10 bits per heavy atom. The topological polar surface area (TPSA) is 46.5 Å². The minimum atomic E-state index is -0.971. The minimum absolute atomic E-state index is 0.464. The van der Waals surface area contributed by atoms with Gasteiger partial charge in [0.25, 0.3) is 0 Å². The van der Waals surface area contributed by atoms with Crippen LogP contribution in [0.15, 0.2) is 48.5 Å². The van der Waals surface area contributed by atoms with Gasteiger partial charge < -0.3 is 9.84 Å². The van der Waals surface area contributed by atoms with Crippen LogP contribution in [0.25, 0.3) is 6.08 Å². The molecule has 0 spiro atoms. The van der Waals surface area contributed by atoms with E-state index in [4.69, 9.17) is 9.84 Å². The molecule has 3 nitrogen and oxygen atoms in total. The van der Waals surface area contributed by atoms with Crippen molar-refractivity contribution >= 4 is 12.0 Å². The van der Waals surface area contributed by atoms with Crippen LogP contribution in [-0.2, 0) is 11.4 Å². The van der Waals surface area contributed by atoms with Gasteiger partial charge in [0.2, 0.25) is 0 Å². The van der Waals surface area contributed by atoms with Crippen LogP contribution >= 0.6 is 0 Å². The lowest BCUT2D eigenvalue weighted by Crippen LogP contribution is -2.00. The van der Waals surface area contributed by atoms with Crippen LogP contribution in [0.5, 0.6) is 5.75 Å². The number of benzene rings is 2. The van der Waals surface area contributed by atoms with Crippen LogP contribution in [0.3, 0.4) is 0 Å². The van der Waals surface area contributed by atoms with Crippen molar-refractivity contribution in [2.24, 2.45) is 0 Å². The predicted molar refractivity (Wildman–Crippen MR) is 83.4 cm³/mol. The summed E-state index contributed by atoms with van der Waals surface area (Å²) >= 11 is 0. The molecule has 0 aliphatic heterocycles. The lowest BCUT2D eigenvalue weighted by Gasteiger charge is -2.13. The second kappa shape index (κ2) is 6.75. The summed E-state index contributed by atoms with van der Waals surface area (Å²) in [7, 11) is 0. The van der Waals surface area contributed by atoms with E-state index in [1.807, 2.05) is 56.3 Å². The smallest absolute Gasteiger partial charge is 0.328 e. The molecule has 0 aliphatic carbocycles. The van der Waals surface area contributed by atoms with Gasteiger partial charge in [-0.15, -0.1) is 0 Å². The number of ether oxygens (including phenoxy) is 1. The molecule has 0 bridgehead atoms. The van der Waals surface area contributed by atoms with E-state index in [1.165, 1.54) is 5.56 Å². The fraction of sp³-hybridized carbons (Fsp3) is 0.167. The van der Waals surface area contributed by atoms with Crippen molar-refractivity contribution in [2.45, 2.75) is 20.5 Å². The average molecular weight is 282 g/mol.